The fraction of sp³-hybridized carbons (Fsp3) is 0.368. The average molecular weight is 338 g/mol. The van der Waals surface area contributed by atoms with Crippen LogP contribution in [0.25, 0.3) is 0 Å². The predicted octanol–water partition coefficient (Wildman–Crippen LogP) is 1.63. The number of likely N-dealkylation sites (tertiary alicyclic amines) is 1. The van der Waals surface area contributed by atoms with Crippen LogP contribution in [-0.2, 0) is 14.4 Å². The molecule has 128 valence electrons. The van der Waals surface area contributed by atoms with Gasteiger partial charge in [0.15, 0.2) is 5.78 Å². The molecule has 4 atom stereocenters. The number of Topliss-reactive ketones (excluding diaryl/α,β-unsaturated/α-hetero) is 1. The molecule has 6 nitrogen and oxygen atoms in total. The van der Waals surface area contributed by atoms with Crippen molar-refractivity contribution in [1.29, 1.82) is 0 Å². The van der Waals surface area contributed by atoms with Crippen LogP contribution in [-0.4, -0.2) is 34.9 Å². The van der Waals surface area contributed by atoms with Gasteiger partial charge in [-0.15, -0.1) is 0 Å². The van der Waals surface area contributed by atoms with Crippen molar-refractivity contribution in [2.45, 2.75) is 13.3 Å². The summed E-state index contributed by atoms with van der Waals surface area (Å²) in [5.74, 6) is -1.23. The lowest BCUT2D eigenvalue weighted by Crippen LogP contribution is -2.39. The Morgan fingerprint density at radius 2 is 1.60 bits per heavy atom. The summed E-state index contributed by atoms with van der Waals surface area (Å²) < 4.78 is 0. The molecule has 1 aliphatic heterocycles. The summed E-state index contributed by atoms with van der Waals surface area (Å²) >= 11 is 0. The van der Waals surface area contributed by atoms with Crippen molar-refractivity contribution in [3.05, 3.63) is 42.0 Å². The number of carbonyl (C=O) groups excluding carboxylic acids is 4. The van der Waals surface area contributed by atoms with Gasteiger partial charge in [-0.1, -0.05) is 12.2 Å². The van der Waals surface area contributed by atoms with Gasteiger partial charge in [0, 0.05) is 11.3 Å². The summed E-state index contributed by atoms with van der Waals surface area (Å²) in [6.45, 7) is 1.20. The summed E-state index contributed by atoms with van der Waals surface area (Å²) in [5.41, 5.74) is 1.08. The third kappa shape index (κ3) is 2.49. The fourth-order valence-electron chi connectivity index (χ4n) is 4.25. The molecule has 6 heteroatoms. The maximum atomic E-state index is 12.5. The molecule has 0 spiro atoms. The number of hydrogen-bond acceptors (Lipinski definition) is 4. The van der Waals surface area contributed by atoms with Gasteiger partial charge in [-0.2, -0.15) is 0 Å². The quantitative estimate of drug-likeness (QED) is 0.514. The highest BCUT2D eigenvalue weighted by molar-refractivity contribution is 6.09. The van der Waals surface area contributed by atoms with E-state index < -0.39 is 5.91 Å². The summed E-state index contributed by atoms with van der Waals surface area (Å²) in [4.78, 5) is 49.7. The Labute approximate surface area is 144 Å². The molecule has 1 aromatic rings. The van der Waals surface area contributed by atoms with Crippen LogP contribution in [0.2, 0.25) is 0 Å². The van der Waals surface area contributed by atoms with Crippen LogP contribution >= 0.6 is 0 Å². The van der Waals surface area contributed by atoms with Crippen molar-refractivity contribution in [2.24, 2.45) is 23.7 Å². The van der Waals surface area contributed by atoms with E-state index in [1.54, 1.807) is 24.3 Å². The van der Waals surface area contributed by atoms with Crippen LogP contribution in [0.3, 0.4) is 0 Å². The molecule has 1 saturated heterocycles. The van der Waals surface area contributed by atoms with Gasteiger partial charge in [-0.3, -0.25) is 24.1 Å². The van der Waals surface area contributed by atoms with E-state index in [0.29, 0.717) is 11.3 Å². The van der Waals surface area contributed by atoms with Crippen molar-refractivity contribution in [1.82, 2.24) is 4.90 Å². The van der Waals surface area contributed by atoms with Crippen LogP contribution in [0, 0.1) is 23.7 Å². The minimum Gasteiger partial charge on any atom is -0.325 e. The zero-order valence-electron chi connectivity index (χ0n) is 13.8. The van der Waals surface area contributed by atoms with Gasteiger partial charge in [-0.05, 0) is 49.4 Å². The SMILES string of the molecule is CC(=O)c1ccc(NC(=O)CN2C(=O)[C@@H]3[C@H](C2=O)[C@H]2C=C[C@H]3C2)cc1. The molecular weight excluding hydrogens is 320 g/mol. The highest BCUT2D eigenvalue weighted by Gasteiger charge is 2.59. The van der Waals surface area contributed by atoms with E-state index in [4.69, 9.17) is 0 Å². The molecule has 2 fully saturated rings. The maximum absolute atomic E-state index is 12.5. The van der Waals surface area contributed by atoms with Crippen molar-refractivity contribution in [2.75, 3.05) is 11.9 Å². The highest BCUT2D eigenvalue weighted by Crippen LogP contribution is 2.52. The Morgan fingerprint density at radius 1 is 1.04 bits per heavy atom. The molecule has 1 aromatic carbocycles. The number of imide groups is 1. The number of carbonyl (C=O) groups is 4. The normalized spacial score (nSPS) is 29.2. The lowest BCUT2D eigenvalue weighted by molar-refractivity contribution is -0.143. The van der Waals surface area contributed by atoms with Crippen LogP contribution in [0.1, 0.15) is 23.7 Å². The number of amides is 3. The van der Waals surface area contributed by atoms with E-state index in [0.717, 1.165) is 11.3 Å². The molecular formula is C19H18N2O4. The van der Waals surface area contributed by atoms with Gasteiger partial charge in [0.05, 0.1) is 11.8 Å². The number of hydrogen-bond donors (Lipinski definition) is 1. The lowest BCUT2D eigenvalue weighted by atomic mass is 9.85. The maximum Gasteiger partial charge on any atom is 0.244 e. The van der Waals surface area contributed by atoms with Crippen LogP contribution in [0.4, 0.5) is 5.69 Å². The van der Waals surface area contributed by atoms with E-state index in [-0.39, 0.29) is 47.8 Å². The van der Waals surface area contributed by atoms with E-state index in [2.05, 4.69) is 5.32 Å². The van der Waals surface area contributed by atoms with Crippen LogP contribution in [0.5, 0.6) is 0 Å². The monoisotopic (exact) mass is 338 g/mol. The van der Waals surface area contributed by atoms with E-state index in [1.165, 1.54) is 6.92 Å². The van der Waals surface area contributed by atoms with E-state index >= 15 is 0 Å². The third-order valence-corrected chi connectivity index (χ3v) is 5.44. The number of fused-ring (bicyclic) bond motifs is 5. The second kappa shape index (κ2) is 5.65. The molecule has 3 aliphatic rings. The molecule has 2 aliphatic carbocycles. The number of anilines is 1. The highest BCUT2D eigenvalue weighted by atomic mass is 16.2. The Kier molecular flexibility index (Phi) is 3.56. The first-order valence-corrected chi connectivity index (χ1v) is 8.40. The van der Waals surface area contributed by atoms with E-state index in [1.807, 2.05) is 12.2 Å². The second-order valence-corrected chi connectivity index (χ2v) is 6.94. The van der Waals surface area contributed by atoms with Gasteiger partial charge >= 0.3 is 0 Å². The molecule has 0 unspecified atom stereocenters. The molecule has 0 aromatic heterocycles. The standard InChI is InChI=1S/C19H18N2O4/c1-10(22)11-4-6-14(7-5-11)20-15(23)9-21-18(24)16-12-2-3-13(8-12)17(16)19(21)25/h2-7,12-13,16-17H,8-9H2,1H3,(H,20,23)/t12-,13-,16-,17+/m0/s1. The van der Waals surface area contributed by atoms with Crippen LogP contribution in [0.15, 0.2) is 36.4 Å². The van der Waals surface area contributed by atoms with Gasteiger partial charge in [0.1, 0.15) is 6.54 Å². The number of nitrogens with zero attached hydrogens (tertiary/aromatic N) is 1. The molecule has 0 radical (unpaired) electrons. The molecule has 1 N–H and O–H groups in total. The molecule has 2 bridgehead atoms. The third-order valence-electron chi connectivity index (χ3n) is 5.44. The molecule has 1 saturated carbocycles. The Hall–Kier alpha value is -2.76. The number of rotatable bonds is 4. The fourth-order valence-corrected chi connectivity index (χ4v) is 4.25. The van der Waals surface area contributed by atoms with Crippen molar-refractivity contribution in [3.63, 3.8) is 0 Å². The first-order chi connectivity index (χ1) is 12.0. The van der Waals surface area contributed by atoms with E-state index in [9.17, 15) is 19.2 Å². The topological polar surface area (TPSA) is 83.6 Å². The first kappa shape index (κ1) is 15.7. The zero-order chi connectivity index (χ0) is 17.7. The minimum atomic E-state index is -0.419. The minimum absolute atomic E-state index is 0.0547. The average Bonchev–Trinajstić information content (AvgIpc) is 3.25. The van der Waals surface area contributed by atoms with Gasteiger partial charge < -0.3 is 5.32 Å². The first-order valence-electron chi connectivity index (χ1n) is 8.40. The molecule has 3 amide bonds. The Balaban J connectivity index is 1.42. The Morgan fingerprint density at radius 3 is 2.12 bits per heavy atom. The Bertz CT molecular complexity index is 781. The smallest absolute Gasteiger partial charge is 0.244 e. The number of allylic oxidation sites excluding steroid dienone is 2. The summed E-state index contributed by atoms with van der Waals surface area (Å²) in [6.07, 6.45) is 4.92. The number of nitrogens with one attached hydrogen (secondary N) is 1. The summed E-state index contributed by atoms with van der Waals surface area (Å²) in [6, 6.07) is 6.50. The number of ketones is 1. The van der Waals surface area contributed by atoms with Crippen molar-refractivity contribution >= 4 is 29.2 Å². The zero-order valence-corrected chi connectivity index (χ0v) is 13.8. The number of benzene rings is 1. The predicted molar refractivity (Wildman–Crippen MR) is 89.5 cm³/mol. The molecule has 4 rings (SSSR count). The van der Waals surface area contributed by atoms with Gasteiger partial charge in [0.25, 0.3) is 0 Å². The largest absolute Gasteiger partial charge is 0.325 e. The van der Waals surface area contributed by atoms with Gasteiger partial charge in [0.2, 0.25) is 17.7 Å². The summed E-state index contributed by atoms with van der Waals surface area (Å²) in [7, 11) is 0. The van der Waals surface area contributed by atoms with Gasteiger partial charge in [-0.25, -0.2) is 0 Å². The van der Waals surface area contributed by atoms with Crippen molar-refractivity contribution in [3.8, 4) is 0 Å². The van der Waals surface area contributed by atoms with Crippen LogP contribution < -0.4 is 5.32 Å². The second-order valence-electron chi connectivity index (χ2n) is 6.94. The van der Waals surface area contributed by atoms with Crippen molar-refractivity contribution < 1.29 is 19.2 Å². The summed E-state index contributed by atoms with van der Waals surface area (Å²) in [5, 5.41) is 2.67. The molecule has 25 heavy (non-hydrogen) atoms. The molecule has 1 heterocycles. The lowest BCUT2D eigenvalue weighted by Gasteiger charge is -2.16.